The molecule has 1 unspecified atom stereocenters. The van der Waals surface area contributed by atoms with Gasteiger partial charge in [-0.05, 0) is 30.0 Å². The van der Waals surface area contributed by atoms with E-state index in [0.717, 1.165) is 11.8 Å². The zero-order valence-electron chi connectivity index (χ0n) is 10.3. The highest BCUT2D eigenvalue weighted by molar-refractivity contribution is 9.09. The molecule has 0 bridgehead atoms. The van der Waals surface area contributed by atoms with E-state index in [1.54, 1.807) is 12.1 Å². The Kier molecular flexibility index (Phi) is 5.19. The van der Waals surface area contributed by atoms with Crippen molar-refractivity contribution in [2.75, 3.05) is 5.33 Å². The molecule has 0 amide bonds. The van der Waals surface area contributed by atoms with Gasteiger partial charge in [0, 0.05) is 13.4 Å². The number of alkyl halides is 1. The van der Waals surface area contributed by atoms with Crippen LogP contribution in [0.2, 0.25) is 25.7 Å². The lowest BCUT2D eigenvalue weighted by Gasteiger charge is -2.23. The number of halogens is 2. The second kappa shape index (κ2) is 5.96. The summed E-state index contributed by atoms with van der Waals surface area (Å²) in [6.07, 6.45) is 1.05. The standard InChI is InChI=1S/C13H20BrFSi/c1-16(2,3)10-12(9-14)8-11-4-6-13(15)7-5-11/h4-7,12H,8-10H2,1-3H3. The van der Waals surface area contributed by atoms with Crippen molar-refractivity contribution in [3.63, 3.8) is 0 Å². The lowest BCUT2D eigenvalue weighted by Crippen LogP contribution is -2.25. The van der Waals surface area contributed by atoms with E-state index in [-0.39, 0.29) is 5.82 Å². The molecular weight excluding hydrogens is 283 g/mol. The average Bonchev–Trinajstić information content (AvgIpc) is 2.18. The molecule has 1 aromatic carbocycles. The predicted octanol–water partition coefficient (Wildman–Crippen LogP) is 4.72. The van der Waals surface area contributed by atoms with Gasteiger partial charge in [0.1, 0.15) is 5.82 Å². The Hall–Kier alpha value is -0.153. The van der Waals surface area contributed by atoms with E-state index in [9.17, 15) is 4.39 Å². The molecule has 0 aliphatic rings. The minimum atomic E-state index is -1.01. The maximum absolute atomic E-state index is 12.8. The van der Waals surface area contributed by atoms with Crippen molar-refractivity contribution in [2.45, 2.75) is 32.1 Å². The molecule has 0 saturated heterocycles. The highest BCUT2D eigenvalue weighted by Crippen LogP contribution is 2.22. The van der Waals surface area contributed by atoms with Gasteiger partial charge in [-0.25, -0.2) is 4.39 Å². The molecule has 1 atom stereocenters. The van der Waals surface area contributed by atoms with E-state index in [1.807, 2.05) is 12.1 Å². The fraction of sp³-hybridized carbons (Fsp3) is 0.538. The first kappa shape index (κ1) is 13.9. The summed E-state index contributed by atoms with van der Waals surface area (Å²) >= 11 is 3.59. The first-order chi connectivity index (χ1) is 7.40. The summed E-state index contributed by atoms with van der Waals surface area (Å²) in [5, 5.41) is 1.04. The molecule has 0 spiro atoms. The van der Waals surface area contributed by atoms with E-state index in [2.05, 4.69) is 35.6 Å². The Balaban J connectivity index is 2.60. The lowest BCUT2D eigenvalue weighted by molar-refractivity contribution is 0.621. The third-order valence-electron chi connectivity index (χ3n) is 2.56. The monoisotopic (exact) mass is 302 g/mol. The third-order valence-corrected chi connectivity index (χ3v) is 5.27. The van der Waals surface area contributed by atoms with Gasteiger partial charge >= 0.3 is 0 Å². The zero-order valence-corrected chi connectivity index (χ0v) is 12.8. The van der Waals surface area contributed by atoms with Gasteiger partial charge in [0.25, 0.3) is 0 Å². The molecule has 3 heteroatoms. The molecule has 0 radical (unpaired) electrons. The van der Waals surface area contributed by atoms with Crippen molar-refractivity contribution < 1.29 is 4.39 Å². The minimum Gasteiger partial charge on any atom is -0.207 e. The maximum atomic E-state index is 12.8. The van der Waals surface area contributed by atoms with Crippen molar-refractivity contribution in [3.8, 4) is 0 Å². The van der Waals surface area contributed by atoms with Crippen LogP contribution in [-0.4, -0.2) is 13.4 Å². The average molecular weight is 303 g/mol. The number of benzene rings is 1. The Bertz CT molecular complexity index is 316. The van der Waals surface area contributed by atoms with Crippen molar-refractivity contribution in [1.29, 1.82) is 0 Å². The van der Waals surface area contributed by atoms with Crippen LogP contribution in [0.1, 0.15) is 5.56 Å². The van der Waals surface area contributed by atoms with Gasteiger partial charge in [-0.2, -0.15) is 0 Å². The minimum absolute atomic E-state index is 0.149. The van der Waals surface area contributed by atoms with Crippen molar-refractivity contribution in [2.24, 2.45) is 5.92 Å². The topological polar surface area (TPSA) is 0 Å². The molecule has 0 saturated carbocycles. The van der Waals surface area contributed by atoms with Crippen LogP contribution in [-0.2, 0) is 6.42 Å². The normalized spacial score (nSPS) is 13.8. The molecular formula is C13H20BrFSi. The highest BCUT2D eigenvalue weighted by atomic mass is 79.9. The van der Waals surface area contributed by atoms with Gasteiger partial charge in [0.15, 0.2) is 0 Å². The van der Waals surface area contributed by atoms with E-state index in [1.165, 1.54) is 11.6 Å². The van der Waals surface area contributed by atoms with Gasteiger partial charge in [0.2, 0.25) is 0 Å². The molecule has 16 heavy (non-hydrogen) atoms. The van der Waals surface area contributed by atoms with Crippen LogP contribution in [0.15, 0.2) is 24.3 Å². The number of hydrogen-bond donors (Lipinski definition) is 0. The molecule has 0 aliphatic heterocycles. The summed E-state index contributed by atoms with van der Waals surface area (Å²) in [4.78, 5) is 0. The summed E-state index contributed by atoms with van der Waals surface area (Å²) in [6.45, 7) is 7.19. The Morgan fingerprint density at radius 3 is 2.19 bits per heavy atom. The lowest BCUT2D eigenvalue weighted by atomic mass is 10.0. The van der Waals surface area contributed by atoms with Crippen LogP contribution in [0.4, 0.5) is 4.39 Å². The maximum Gasteiger partial charge on any atom is 0.123 e. The van der Waals surface area contributed by atoms with Crippen LogP contribution < -0.4 is 0 Å². The fourth-order valence-electron chi connectivity index (χ4n) is 2.00. The summed E-state index contributed by atoms with van der Waals surface area (Å²) in [7, 11) is -1.01. The first-order valence-corrected chi connectivity index (χ1v) is 10.5. The summed E-state index contributed by atoms with van der Waals surface area (Å²) in [6, 6.07) is 8.21. The highest BCUT2D eigenvalue weighted by Gasteiger charge is 2.19. The Morgan fingerprint density at radius 1 is 1.19 bits per heavy atom. The molecule has 0 fully saturated rings. The van der Waals surface area contributed by atoms with Crippen LogP contribution >= 0.6 is 15.9 Å². The first-order valence-electron chi connectivity index (χ1n) is 5.71. The SMILES string of the molecule is C[Si](C)(C)CC(CBr)Cc1ccc(F)cc1. The Morgan fingerprint density at radius 2 is 1.75 bits per heavy atom. The van der Waals surface area contributed by atoms with Crippen LogP contribution in [0.3, 0.4) is 0 Å². The second-order valence-electron chi connectivity index (χ2n) is 5.62. The zero-order chi connectivity index (χ0) is 12.2. The molecule has 0 aliphatic carbocycles. The predicted molar refractivity (Wildman–Crippen MR) is 75.5 cm³/mol. The molecule has 1 aromatic rings. The van der Waals surface area contributed by atoms with Gasteiger partial charge in [-0.3, -0.25) is 0 Å². The second-order valence-corrected chi connectivity index (χ2v) is 11.8. The van der Waals surface area contributed by atoms with E-state index in [4.69, 9.17) is 0 Å². The molecule has 0 heterocycles. The van der Waals surface area contributed by atoms with Crippen LogP contribution in [0, 0.1) is 11.7 Å². The number of rotatable bonds is 5. The van der Waals surface area contributed by atoms with Gasteiger partial charge in [0.05, 0.1) is 0 Å². The van der Waals surface area contributed by atoms with Crippen molar-refractivity contribution in [1.82, 2.24) is 0 Å². The molecule has 0 N–H and O–H groups in total. The number of hydrogen-bond acceptors (Lipinski definition) is 0. The fourth-order valence-corrected chi connectivity index (χ4v) is 4.90. The van der Waals surface area contributed by atoms with Crippen LogP contribution in [0.25, 0.3) is 0 Å². The Labute approximate surface area is 107 Å². The van der Waals surface area contributed by atoms with Gasteiger partial charge in [-0.1, -0.05) is 53.7 Å². The van der Waals surface area contributed by atoms with E-state index >= 15 is 0 Å². The molecule has 90 valence electrons. The van der Waals surface area contributed by atoms with E-state index < -0.39 is 8.07 Å². The van der Waals surface area contributed by atoms with Gasteiger partial charge in [-0.15, -0.1) is 0 Å². The van der Waals surface area contributed by atoms with Crippen LogP contribution in [0.5, 0.6) is 0 Å². The largest absolute Gasteiger partial charge is 0.207 e. The van der Waals surface area contributed by atoms with Crippen molar-refractivity contribution in [3.05, 3.63) is 35.6 Å². The smallest absolute Gasteiger partial charge is 0.123 e. The van der Waals surface area contributed by atoms with E-state index in [0.29, 0.717) is 5.92 Å². The third kappa shape index (κ3) is 5.26. The molecule has 1 rings (SSSR count). The molecule has 0 aromatic heterocycles. The van der Waals surface area contributed by atoms with Gasteiger partial charge < -0.3 is 0 Å². The quantitative estimate of drug-likeness (QED) is 0.545. The molecule has 0 nitrogen and oxygen atoms in total. The van der Waals surface area contributed by atoms with Crippen molar-refractivity contribution >= 4 is 24.0 Å². The summed E-state index contributed by atoms with van der Waals surface area (Å²) < 4.78 is 12.8. The summed E-state index contributed by atoms with van der Waals surface area (Å²) in [5.41, 5.74) is 1.24. The summed E-state index contributed by atoms with van der Waals surface area (Å²) in [5.74, 6) is 0.529.